The summed E-state index contributed by atoms with van der Waals surface area (Å²) in [5.41, 5.74) is 1.66. The van der Waals surface area contributed by atoms with Crippen molar-refractivity contribution in [1.29, 1.82) is 0 Å². The molecule has 0 spiro atoms. The topological polar surface area (TPSA) is 40.8 Å². The molecule has 1 heterocycles. The van der Waals surface area contributed by atoms with Crippen LogP contribution in [0.4, 0.5) is 0 Å². The molecule has 0 unspecified atom stereocenters. The molecular formula is C17H16O4. The number of hydrogen-bond donors (Lipinski definition) is 0. The molecule has 0 aliphatic heterocycles. The zero-order valence-electron chi connectivity index (χ0n) is 12.2. The van der Waals surface area contributed by atoms with E-state index in [1.807, 2.05) is 42.5 Å². The third-order valence-corrected chi connectivity index (χ3v) is 3.40. The third-order valence-electron chi connectivity index (χ3n) is 3.40. The van der Waals surface area contributed by atoms with Gasteiger partial charge in [0.1, 0.15) is 28.6 Å². The fourth-order valence-electron chi connectivity index (χ4n) is 2.27. The summed E-state index contributed by atoms with van der Waals surface area (Å²) in [6.07, 6.45) is 0. The number of fused-ring (bicyclic) bond motifs is 1. The summed E-state index contributed by atoms with van der Waals surface area (Å²) in [6, 6.07) is 13.4. The molecule has 0 N–H and O–H groups in total. The highest BCUT2D eigenvalue weighted by Gasteiger charge is 2.12. The van der Waals surface area contributed by atoms with Crippen molar-refractivity contribution in [2.24, 2.45) is 0 Å². The monoisotopic (exact) mass is 284 g/mol. The maximum absolute atomic E-state index is 5.91. The second kappa shape index (κ2) is 5.40. The van der Waals surface area contributed by atoms with Crippen molar-refractivity contribution >= 4 is 11.0 Å². The van der Waals surface area contributed by atoms with Gasteiger partial charge in [-0.25, -0.2) is 0 Å². The van der Waals surface area contributed by atoms with Crippen molar-refractivity contribution in [3.63, 3.8) is 0 Å². The first kappa shape index (κ1) is 13.4. The molecule has 1 aromatic heterocycles. The van der Waals surface area contributed by atoms with Crippen LogP contribution in [0, 0.1) is 0 Å². The smallest absolute Gasteiger partial charge is 0.139 e. The normalized spacial score (nSPS) is 10.6. The van der Waals surface area contributed by atoms with Crippen LogP contribution in [0.25, 0.3) is 22.3 Å². The lowest BCUT2D eigenvalue weighted by Gasteiger charge is -2.08. The van der Waals surface area contributed by atoms with Crippen LogP contribution in [0.3, 0.4) is 0 Å². The van der Waals surface area contributed by atoms with Crippen molar-refractivity contribution in [3.05, 3.63) is 42.5 Å². The number of hydrogen-bond acceptors (Lipinski definition) is 4. The zero-order valence-corrected chi connectivity index (χ0v) is 12.2. The lowest BCUT2D eigenvalue weighted by Crippen LogP contribution is -1.89. The Bertz CT molecular complexity index is 774. The van der Waals surface area contributed by atoms with Crippen LogP contribution in [0.15, 0.2) is 46.9 Å². The zero-order chi connectivity index (χ0) is 14.8. The summed E-state index contributed by atoms with van der Waals surface area (Å²) in [5.74, 6) is 2.97. The van der Waals surface area contributed by atoms with Crippen molar-refractivity contribution in [3.8, 4) is 28.6 Å². The van der Waals surface area contributed by atoms with Gasteiger partial charge in [0.05, 0.1) is 26.9 Å². The highest BCUT2D eigenvalue weighted by Crippen LogP contribution is 2.37. The Morgan fingerprint density at radius 2 is 1.48 bits per heavy atom. The third kappa shape index (κ3) is 2.40. The Balaban J connectivity index is 2.11. The van der Waals surface area contributed by atoms with E-state index in [0.717, 1.165) is 33.8 Å². The van der Waals surface area contributed by atoms with Crippen LogP contribution < -0.4 is 14.2 Å². The van der Waals surface area contributed by atoms with E-state index in [-0.39, 0.29) is 0 Å². The Hall–Kier alpha value is -2.62. The lowest BCUT2D eigenvalue weighted by molar-refractivity contribution is 0.394. The van der Waals surface area contributed by atoms with Crippen LogP contribution >= 0.6 is 0 Å². The Labute approximate surface area is 122 Å². The van der Waals surface area contributed by atoms with E-state index in [0.29, 0.717) is 5.75 Å². The van der Waals surface area contributed by atoms with Gasteiger partial charge in [-0.15, -0.1) is 0 Å². The van der Waals surface area contributed by atoms with Crippen LogP contribution in [0.5, 0.6) is 17.2 Å². The second-order valence-electron chi connectivity index (χ2n) is 4.58. The Morgan fingerprint density at radius 3 is 2.19 bits per heavy atom. The quantitative estimate of drug-likeness (QED) is 0.722. The van der Waals surface area contributed by atoms with Gasteiger partial charge in [-0.2, -0.15) is 0 Å². The van der Waals surface area contributed by atoms with Crippen molar-refractivity contribution in [2.75, 3.05) is 21.3 Å². The summed E-state index contributed by atoms with van der Waals surface area (Å²) < 4.78 is 21.8. The minimum atomic E-state index is 0.709. The molecular weight excluding hydrogens is 268 g/mol. The maximum atomic E-state index is 5.91. The van der Waals surface area contributed by atoms with E-state index < -0.39 is 0 Å². The van der Waals surface area contributed by atoms with E-state index in [9.17, 15) is 0 Å². The van der Waals surface area contributed by atoms with Crippen LogP contribution in [0.2, 0.25) is 0 Å². The summed E-state index contributed by atoms with van der Waals surface area (Å²) >= 11 is 0. The predicted octanol–water partition coefficient (Wildman–Crippen LogP) is 4.13. The maximum Gasteiger partial charge on any atom is 0.139 e. The van der Waals surface area contributed by atoms with Gasteiger partial charge in [0.25, 0.3) is 0 Å². The Kier molecular flexibility index (Phi) is 3.44. The average Bonchev–Trinajstić information content (AvgIpc) is 2.96. The SMILES string of the molecule is COc1ccc(-c2cc3ccc(OC)cc3o2)c(OC)c1. The van der Waals surface area contributed by atoms with Gasteiger partial charge in [-0.1, -0.05) is 0 Å². The standard InChI is InChI=1S/C17H16O4/c1-18-12-5-4-11-8-17(21-15(11)9-12)14-7-6-13(19-2)10-16(14)20-3/h4-10H,1-3H3. The first-order chi connectivity index (χ1) is 10.2. The molecule has 0 radical (unpaired) electrons. The van der Waals surface area contributed by atoms with E-state index in [2.05, 4.69) is 0 Å². The molecule has 0 saturated heterocycles. The summed E-state index contributed by atoms with van der Waals surface area (Å²) in [4.78, 5) is 0. The fraction of sp³-hybridized carbons (Fsp3) is 0.176. The number of ether oxygens (including phenoxy) is 3. The molecule has 4 nitrogen and oxygen atoms in total. The van der Waals surface area contributed by atoms with E-state index in [4.69, 9.17) is 18.6 Å². The summed E-state index contributed by atoms with van der Waals surface area (Å²) in [5, 5.41) is 1.02. The van der Waals surface area contributed by atoms with Crippen molar-refractivity contribution in [1.82, 2.24) is 0 Å². The summed E-state index contributed by atoms with van der Waals surface area (Å²) in [7, 11) is 4.89. The van der Waals surface area contributed by atoms with Gasteiger partial charge in [0.15, 0.2) is 0 Å². The average molecular weight is 284 g/mol. The number of benzene rings is 2. The highest BCUT2D eigenvalue weighted by atomic mass is 16.5. The first-order valence-corrected chi connectivity index (χ1v) is 6.55. The fourth-order valence-corrected chi connectivity index (χ4v) is 2.27. The second-order valence-corrected chi connectivity index (χ2v) is 4.58. The van der Waals surface area contributed by atoms with Gasteiger partial charge in [0.2, 0.25) is 0 Å². The van der Waals surface area contributed by atoms with E-state index in [1.54, 1.807) is 21.3 Å². The molecule has 0 fully saturated rings. The van der Waals surface area contributed by atoms with Crippen LogP contribution in [-0.4, -0.2) is 21.3 Å². The molecule has 0 bridgehead atoms. The molecule has 0 amide bonds. The molecule has 108 valence electrons. The molecule has 0 saturated carbocycles. The molecule has 0 aliphatic rings. The van der Waals surface area contributed by atoms with E-state index >= 15 is 0 Å². The lowest BCUT2D eigenvalue weighted by atomic mass is 10.1. The van der Waals surface area contributed by atoms with Gasteiger partial charge >= 0.3 is 0 Å². The van der Waals surface area contributed by atoms with Crippen LogP contribution in [-0.2, 0) is 0 Å². The minimum Gasteiger partial charge on any atom is -0.497 e. The highest BCUT2D eigenvalue weighted by molar-refractivity contribution is 5.85. The molecule has 21 heavy (non-hydrogen) atoms. The van der Waals surface area contributed by atoms with E-state index in [1.165, 1.54) is 0 Å². The van der Waals surface area contributed by atoms with Gasteiger partial charge in [-0.05, 0) is 30.3 Å². The molecule has 0 aliphatic carbocycles. The van der Waals surface area contributed by atoms with Crippen LogP contribution in [0.1, 0.15) is 0 Å². The first-order valence-electron chi connectivity index (χ1n) is 6.55. The molecule has 0 atom stereocenters. The minimum absolute atomic E-state index is 0.709. The number of furan rings is 1. The molecule has 4 heteroatoms. The summed E-state index contributed by atoms with van der Waals surface area (Å²) in [6.45, 7) is 0. The van der Waals surface area contributed by atoms with Crippen molar-refractivity contribution < 1.29 is 18.6 Å². The number of methoxy groups -OCH3 is 3. The molecule has 3 rings (SSSR count). The molecule has 3 aromatic rings. The van der Waals surface area contributed by atoms with Gasteiger partial charge < -0.3 is 18.6 Å². The number of rotatable bonds is 4. The van der Waals surface area contributed by atoms with Crippen molar-refractivity contribution in [2.45, 2.75) is 0 Å². The largest absolute Gasteiger partial charge is 0.497 e. The predicted molar refractivity (Wildman–Crippen MR) is 81.3 cm³/mol. The molecule has 2 aromatic carbocycles. The van der Waals surface area contributed by atoms with Gasteiger partial charge in [0, 0.05) is 17.5 Å². The Morgan fingerprint density at radius 1 is 0.762 bits per heavy atom. The van der Waals surface area contributed by atoms with Gasteiger partial charge in [-0.3, -0.25) is 0 Å².